The Hall–Kier alpha value is -1.03. The maximum absolute atomic E-state index is 10.8. The molecule has 1 aromatic rings. The molecule has 1 atom stereocenters. The van der Waals surface area contributed by atoms with E-state index in [9.17, 15) is 10.1 Å². The fourth-order valence-electron chi connectivity index (χ4n) is 1.24. The normalized spacial score (nSPS) is 12.3. The Labute approximate surface area is 94.0 Å². The van der Waals surface area contributed by atoms with Crippen LogP contribution in [-0.2, 0) is 0 Å². The number of nitrogens with zero attached hydrogens (tertiary/aromatic N) is 1. The maximum atomic E-state index is 10.8. The molecule has 1 unspecified atom stereocenters. The molecule has 0 bridgehead atoms. The molecule has 0 aliphatic heterocycles. The Morgan fingerprint density at radius 1 is 1.40 bits per heavy atom. The van der Waals surface area contributed by atoms with E-state index < -0.39 is 5.37 Å². The van der Waals surface area contributed by atoms with Gasteiger partial charge in [-0.3, -0.25) is 10.1 Å². The predicted octanol–water partition coefficient (Wildman–Crippen LogP) is 3.57. The molecule has 4 heteroatoms. The van der Waals surface area contributed by atoms with E-state index in [0.717, 1.165) is 17.7 Å². The minimum atomic E-state index is -0.507. The van der Waals surface area contributed by atoms with Crippen LogP contribution in [0.5, 0.6) is 0 Å². The van der Waals surface area contributed by atoms with Crippen molar-refractivity contribution in [1.82, 2.24) is 0 Å². The second-order valence-corrected chi connectivity index (χ2v) is 4.56. The first-order valence-electron chi connectivity index (χ1n) is 5.09. The highest BCUT2D eigenvalue weighted by atomic mass is 32.2. The first-order chi connectivity index (χ1) is 7.24. The first-order valence-corrected chi connectivity index (χ1v) is 5.97. The van der Waals surface area contributed by atoms with Crippen LogP contribution in [0.25, 0.3) is 0 Å². The van der Waals surface area contributed by atoms with E-state index in [0.29, 0.717) is 6.42 Å². The van der Waals surface area contributed by atoms with Crippen LogP contribution in [0.3, 0.4) is 0 Å². The van der Waals surface area contributed by atoms with E-state index >= 15 is 0 Å². The number of benzene rings is 1. The zero-order valence-electron chi connectivity index (χ0n) is 8.76. The molecule has 0 N–H and O–H groups in total. The van der Waals surface area contributed by atoms with Crippen LogP contribution in [0.4, 0.5) is 0 Å². The van der Waals surface area contributed by atoms with Gasteiger partial charge in [0.25, 0.3) is 5.37 Å². The molecular weight excluding hydrogens is 210 g/mol. The van der Waals surface area contributed by atoms with Gasteiger partial charge in [-0.05, 0) is 30.3 Å². The smallest absolute Gasteiger partial charge is 0.262 e. The van der Waals surface area contributed by atoms with E-state index in [1.54, 1.807) is 0 Å². The summed E-state index contributed by atoms with van der Waals surface area (Å²) in [6.45, 7) is 2.05. The van der Waals surface area contributed by atoms with Crippen molar-refractivity contribution in [1.29, 1.82) is 0 Å². The average molecular weight is 225 g/mol. The number of hydrogen-bond donors (Lipinski definition) is 0. The second kappa shape index (κ2) is 6.45. The third-order valence-corrected chi connectivity index (χ3v) is 3.28. The van der Waals surface area contributed by atoms with Crippen molar-refractivity contribution in [3.8, 4) is 0 Å². The number of unbranched alkanes of at least 4 members (excludes halogenated alkanes) is 1. The second-order valence-electron chi connectivity index (χ2n) is 3.31. The molecule has 0 saturated heterocycles. The molecule has 0 aliphatic carbocycles. The van der Waals surface area contributed by atoms with Gasteiger partial charge in [0.2, 0.25) is 0 Å². The lowest BCUT2D eigenvalue weighted by Gasteiger charge is -2.07. The molecule has 0 spiro atoms. The van der Waals surface area contributed by atoms with Gasteiger partial charge in [0, 0.05) is 16.2 Å². The highest BCUT2D eigenvalue weighted by Gasteiger charge is 2.20. The zero-order chi connectivity index (χ0) is 11.1. The zero-order valence-corrected chi connectivity index (χ0v) is 9.57. The molecule has 0 heterocycles. The Balaban J connectivity index is 2.55. The maximum Gasteiger partial charge on any atom is 0.262 e. The molecule has 0 fully saturated rings. The third kappa shape index (κ3) is 4.34. The molecule has 0 radical (unpaired) electrons. The lowest BCUT2D eigenvalue weighted by Crippen LogP contribution is -2.14. The monoisotopic (exact) mass is 225 g/mol. The van der Waals surface area contributed by atoms with E-state index in [4.69, 9.17) is 0 Å². The molecule has 3 nitrogen and oxygen atoms in total. The van der Waals surface area contributed by atoms with Gasteiger partial charge in [-0.25, -0.2) is 0 Å². The molecule has 0 amide bonds. The summed E-state index contributed by atoms with van der Waals surface area (Å²) in [4.78, 5) is 11.6. The van der Waals surface area contributed by atoms with Crippen molar-refractivity contribution < 1.29 is 4.92 Å². The molecule has 0 saturated carbocycles. The van der Waals surface area contributed by atoms with Gasteiger partial charge in [0.1, 0.15) is 0 Å². The fourth-order valence-corrected chi connectivity index (χ4v) is 2.24. The van der Waals surface area contributed by atoms with Crippen LogP contribution in [0.15, 0.2) is 35.2 Å². The average Bonchev–Trinajstić information content (AvgIpc) is 2.25. The number of hydrogen-bond acceptors (Lipinski definition) is 3. The topological polar surface area (TPSA) is 43.1 Å². The minimum absolute atomic E-state index is 0.187. The Bertz CT molecular complexity index is 303. The van der Waals surface area contributed by atoms with Crippen LogP contribution >= 0.6 is 11.8 Å². The van der Waals surface area contributed by atoms with Gasteiger partial charge in [-0.2, -0.15) is 0 Å². The molecule has 0 aromatic heterocycles. The first kappa shape index (κ1) is 12.0. The van der Waals surface area contributed by atoms with Crippen LogP contribution < -0.4 is 0 Å². The highest BCUT2D eigenvalue weighted by molar-refractivity contribution is 7.99. The van der Waals surface area contributed by atoms with Crippen molar-refractivity contribution in [2.75, 3.05) is 0 Å². The summed E-state index contributed by atoms with van der Waals surface area (Å²) in [5.41, 5.74) is 0. The van der Waals surface area contributed by atoms with Gasteiger partial charge in [0.05, 0.1) is 0 Å². The Morgan fingerprint density at radius 2 is 2.07 bits per heavy atom. The summed E-state index contributed by atoms with van der Waals surface area (Å²) in [6, 6.07) is 9.54. The van der Waals surface area contributed by atoms with Crippen molar-refractivity contribution in [2.45, 2.75) is 36.5 Å². The van der Waals surface area contributed by atoms with Crippen molar-refractivity contribution in [3.05, 3.63) is 40.4 Å². The van der Waals surface area contributed by atoms with Crippen molar-refractivity contribution >= 4 is 11.8 Å². The van der Waals surface area contributed by atoms with Crippen LogP contribution in [-0.4, -0.2) is 10.3 Å². The SMILES string of the molecule is CCCCC(Sc1ccccc1)[N+](=O)[O-]. The van der Waals surface area contributed by atoms with Gasteiger partial charge < -0.3 is 0 Å². The largest absolute Gasteiger partial charge is 0.263 e. The fraction of sp³-hybridized carbons (Fsp3) is 0.455. The van der Waals surface area contributed by atoms with Crippen LogP contribution in [0, 0.1) is 10.1 Å². The summed E-state index contributed by atoms with van der Waals surface area (Å²) < 4.78 is 0. The molecule has 1 rings (SSSR count). The lowest BCUT2D eigenvalue weighted by atomic mass is 10.2. The van der Waals surface area contributed by atoms with Gasteiger partial charge in [-0.15, -0.1) is 0 Å². The molecule has 82 valence electrons. The molecular formula is C11H15NO2S. The minimum Gasteiger partial charge on any atom is -0.263 e. The summed E-state index contributed by atoms with van der Waals surface area (Å²) in [7, 11) is 0. The predicted molar refractivity (Wildman–Crippen MR) is 62.6 cm³/mol. The van der Waals surface area contributed by atoms with Crippen molar-refractivity contribution in [3.63, 3.8) is 0 Å². The van der Waals surface area contributed by atoms with E-state index in [1.165, 1.54) is 11.8 Å². The number of thioether (sulfide) groups is 1. The van der Waals surface area contributed by atoms with Gasteiger partial charge >= 0.3 is 0 Å². The van der Waals surface area contributed by atoms with Gasteiger partial charge in [0.15, 0.2) is 0 Å². The Kier molecular flexibility index (Phi) is 5.18. The summed E-state index contributed by atoms with van der Waals surface area (Å²) in [6.07, 6.45) is 2.55. The summed E-state index contributed by atoms with van der Waals surface area (Å²) in [5.74, 6) is 0. The van der Waals surface area contributed by atoms with Gasteiger partial charge in [-0.1, -0.05) is 31.5 Å². The number of rotatable bonds is 6. The molecule has 0 aliphatic rings. The lowest BCUT2D eigenvalue weighted by molar-refractivity contribution is -0.496. The van der Waals surface area contributed by atoms with E-state index in [1.807, 2.05) is 37.3 Å². The standard InChI is InChI=1S/C11H15NO2S/c1-2-3-9-11(12(13)14)15-10-7-5-4-6-8-10/h4-8,11H,2-3,9H2,1H3. The highest BCUT2D eigenvalue weighted by Crippen LogP contribution is 2.26. The summed E-state index contributed by atoms with van der Waals surface area (Å²) in [5, 5.41) is 10.3. The molecule has 15 heavy (non-hydrogen) atoms. The van der Waals surface area contributed by atoms with Crippen LogP contribution in [0.2, 0.25) is 0 Å². The Morgan fingerprint density at radius 3 is 2.60 bits per heavy atom. The molecule has 1 aromatic carbocycles. The summed E-state index contributed by atoms with van der Waals surface area (Å²) >= 11 is 1.34. The quantitative estimate of drug-likeness (QED) is 0.322. The van der Waals surface area contributed by atoms with E-state index in [-0.39, 0.29) is 4.92 Å². The van der Waals surface area contributed by atoms with Crippen LogP contribution in [0.1, 0.15) is 26.2 Å². The number of nitro groups is 1. The third-order valence-electron chi connectivity index (χ3n) is 2.06. The van der Waals surface area contributed by atoms with E-state index in [2.05, 4.69) is 0 Å². The van der Waals surface area contributed by atoms with Crippen molar-refractivity contribution in [2.24, 2.45) is 0 Å².